The Labute approximate surface area is 173 Å². The van der Waals surface area contributed by atoms with Gasteiger partial charge in [-0.25, -0.2) is 0 Å². The average molecular weight is 419 g/mol. The molecule has 0 saturated carbocycles. The molecule has 1 spiro atoms. The second kappa shape index (κ2) is 8.04. The zero-order valence-electron chi connectivity index (χ0n) is 16.8. The molecular formula is C23H24F3NO3. The molecule has 2 aliphatic rings. The van der Waals surface area contributed by atoms with Crippen LogP contribution < -0.4 is 4.90 Å². The van der Waals surface area contributed by atoms with Crippen LogP contribution in [0.4, 0.5) is 18.9 Å². The lowest BCUT2D eigenvalue weighted by Gasteiger charge is -2.39. The van der Waals surface area contributed by atoms with E-state index in [-0.39, 0.29) is 12.2 Å². The van der Waals surface area contributed by atoms with Gasteiger partial charge in [-0.1, -0.05) is 30.3 Å². The Morgan fingerprint density at radius 1 is 1.07 bits per heavy atom. The van der Waals surface area contributed by atoms with Crippen molar-refractivity contribution in [2.75, 3.05) is 31.2 Å². The highest BCUT2D eigenvalue weighted by molar-refractivity contribution is 5.98. The highest BCUT2D eigenvalue weighted by atomic mass is 19.4. The number of rotatable bonds is 4. The number of hydrogen-bond acceptors (Lipinski definition) is 4. The van der Waals surface area contributed by atoms with Crippen LogP contribution in [0.15, 0.2) is 42.5 Å². The van der Waals surface area contributed by atoms with Crippen molar-refractivity contribution in [3.8, 4) is 0 Å². The molecule has 0 atom stereocenters. The molecule has 4 rings (SSSR count). The molecular weight excluding hydrogens is 395 g/mol. The lowest BCUT2D eigenvalue weighted by molar-refractivity contribution is -0.169. The summed E-state index contributed by atoms with van der Waals surface area (Å²) in [6.07, 6.45) is -2.98. The van der Waals surface area contributed by atoms with Crippen molar-refractivity contribution in [3.63, 3.8) is 0 Å². The summed E-state index contributed by atoms with van der Waals surface area (Å²) in [5.41, 5.74) is 2.14. The quantitative estimate of drug-likeness (QED) is 0.669. The van der Waals surface area contributed by atoms with E-state index in [1.807, 2.05) is 19.1 Å². The van der Waals surface area contributed by atoms with Crippen molar-refractivity contribution in [2.24, 2.45) is 0 Å². The van der Waals surface area contributed by atoms with Gasteiger partial charge in [-0.2, -0.15) is 13.2 Å². The van der Waals surface area contributed by atoms with E-state index in [4.69, 9.17) is 9.47 Å². The van der Waals surface area contributed by atoms with Gasteiger partial charge in [-0.05, 0) is 30.2 Å². The number of alkyl halides is 3. The maximum absolute atomic E-state index is 12.9. The van der Waals surface area contributed by atoms with Crippen molar-refractivity contribution >= 4 is 11.5 Å². The highest BCUT2D eigenvalue weighted by Crippen LogP contribution is 2.35. The summed E-state index contributed by atoms with van der Waals surface area (Å²) in [5.74, 6) is -0.673. The SMILES string of the molecule is Cc1ccc(C(=O)Cc2cccc(C(F)(F)F)c2)cc1N1CCC2(CC1)OCCO2. The van der Waals surface area contributed by atoms with Crippen molar-refractivity contribution in [2.45, 2.75) is 38.1 Å². The van der Waals surface area contributed by atoms with Gasteiger partial charge < -0.3 is 14.4 Å². The second-order valence-corrected chi connectivity index (χ2v) is 7.89. The van der Waals surface area contributed by atoms with Gasteiger partial charge in [0.1, 0.15) is 0 Å². The third-order valence-electron chi connectivity index (χ3n) is 5.83. The first-order valence-electron chi connectivity index (χ1n) is 10.1. The van der Waals surface area contributed by atoms with Crippen molar-refractivity contribution < 1.29 is 27.4 Å². The van der Waals surface area contributed by atoms with Gasteiger partial charge in [0.05, 0.1) is 18.8 Å². The third kappa shape index (κ3) is 4.37. The number of aryl methyl sites for hydroxylation is 1. The number of benzene rings is 2. The van der Waals surface area contributed by atoms with Crippen LogP contribution in [0.2, 0.25) is 0 Å². The summed E-state index contributed by atoms with van der Waals surface area (Å²) in [7, 11) is 0. The van der Waals surface area contributed by atoms with Crippen LogP contribution in [-0.4, -0.2) is 37.9 Å². The maximum atomic E-state index is 12.9. The molecule has 30 heavy (non-hydrogen) atoms. The molecule has 2 aromatic carbocycles. The van der Waals surface area contributed by atoms with E-state index < -0.39 is 17.5 Å². The number of piperidine rings is 1. The van der Waals surface area contributed by atoms with Gasteiger partial charge in [-0.3, -0.25) is 4.79 Å². The number of carbonyl (C=O) groups excluding carboxylic acids is 1. The first kappa shape index (κ1) is 20.9. The Balaban J connectivity index is 1.48. The molecule has 2 fully saturated rings. The average Bonchev–Trinajstić information content (AvgIpc) is 3.17. The predicted octanol–water partition coefficient (Wildman–Crippen LogP) is 4.78. The molecule has 0 unspecified atom stereocenters. The number of Topliss-reactive ketones (excluding diaryl/α,β-unsaturated/α-hetero) is 1. The first-order chi connectivity index (χ1) is 14.3. The molecule has 0 amide bonds. The number of halogens is 3. The van der Waals surface area contributed by atoms with Crippen molar-refractivity contribution in [1.29, 1.82) is 0 Å². The fourth-order valence-electron chi connectivity index (χ4n) is 4.14. The summed E-state index contributed by atoms with van der Waals surface area (Å²) in [5, 5.41) is 0. The monoisotopic (exact) mass is 419 g/mol. The number of nitrogens with zero attached hydrogens (tertiary/aromatic N) is 1. The Morgan fingerprint density at radius 2 is 1.77 bits per heavy atom. The van der Waals surface area contributed by atoms with E-state index in [9.17, 15) is 18.0 Å². The largest absolute Gasteiger partial charge is 0.416 e. The second-order valence-electron chi connectivity index (χ2n) is 7.89. The Kier molecular flexibility index (Phi) is 5.59. The number of carbonyl (C=O) groups is 1. The predicted molar refractivity (Wildman–Crippen MR) is 107 cm³/mol. The van der Waals surface area contributed by atoms with E-state index in [0.29, 0.717) is 24.3 Å². The fraction of sp³-hybridized carbons (Fsp3) is 0.435. The molecule has 0 bridgehead atoms. The maximum Gasteiger partial charge on any atom is 0.416 e. The van der Waals surface area contributed by atoms with Crippen LogP contribution in [0.5, 0.6) is 0 Å². The molecule has 2 heterocycles. The standard InChI is InChI=1S/C23H24F3NO3/c1-16-5-6-18(21(28)14-17-3-2-4-19(13-17)23(24,25)26)15-20(16)27-9-7-22(8-10-27)29-11-12-30-22/h2-6,13,15H,7-12,14H2,1H3. The Bertz CT molecular complexity index is 926. The van der Waals surface area contributed by atoms with Crippen molar-refractivity contribution in [1.82, 2.24) is 0 Å². The summed E-state index contributed by atoms with van der Waals surface area (Å²) >= 11 is 0. The molecule has 0 aromatic heterocycles. The first-order valence-corrected chi connectivity index (χ1v) is 10.1. The Hall–Kier alpha value is -2.38. The van der Waals surface area contributed by atoms with E-state index in [1.54, 1.807) is 12.1 Å². The third-order valence-corrected chi connectivity index (χ3v) is 5.83. The van der Waals surface area contributed by atoms with Gasteiger partial charge in [0.25, 0.3) is 0 Å². The van der Waals surface area contributed by atoms with Crippen molar-refractivity contribution in [3.05, 3.63) is 64.7 Å². The fourth-order valence-corrected chi connectivity index (χ4v) is 4.14. The Morgan fingerprint density at radius 3 is 2.43 bits per heavy atom. The van der Waals surface area contributed by atoms with Crippen LogP contribution in [-0.2, 0) is 22.1 Å². The summed E-state index contributed by atoms with van der Waals surface area (Å²) < 4.78 is 50.3. The normalized spacial score (nSPS) is 18.7. The van der Waals surface area contributed by atoms with Gasteiger partial charge in [0.15, 0.2) is 11.6 Å². The molecule has 160 valence electrons. The zero-order valence-corrected chi connectivity index (χ0v) is 16.8. The minimum atomic E-state index is -4.42. The lowest BCUT2D eigenvalue weighted by Crippen LogP contribution is -2.45. The summed E-state index contributed by atoms with van der Waals surface area (Å²) in [4.78, 5) is 15.0. The molecule has 2 aliphatic heterocycles. The zero-order chi connectivity index (χ0) is 21.4. The van der Waals surface area contributed by atoms with Crippen LogP contribution in [0, 0.1) is 6.92 Å². The topological polar surface area (TPSA) is 38.8 Å². The molecule has 7 heteroatoms. The van der Waals surface area contributed by atoms with Gasteiger partial charge >= 0.3 is 6.18 Å². The summed E-state index contributed by atoms with van der Waals surface area (Å²) in [6, 6.07) is 10.4. The molecule has 2 saturated heterocycles. The van der Waals surface area contributed by atoms with Gasteiger partial charge in [0.2, 0.25) is 0 Å². The number of hydrogen-bond donors (Lipinski definition) is 0. The minimum absolute atomic E-state index is 0.0722. The molecule has 0 radical (unpaired) electrons. The van der Waals surface area contributed by atoms with Crippen LogP contribution in [0.25, 0.3) is 0 Å². The van der Waals surface area contributed by atoms with Crippen LogP contribution in [0.1, 0.15) is 39.9 Å². The van der Waals surface area contributed by atoms with E-state index in [0.717, 1.165) is 49.3 Å². The smallest absolute Gasteiger partial charge is 0.371 e. The number of anilines is 1. The van der Waals surface area contributed by atoms with E-state index in [2.05, 4.69) is 4.90 Å². The van der Waals surface area contributed by atoms with E-state index >= 15 is 0 Å². The number of ketones is 1. The van der Waals surface area contributed by atoms with E-state index in [1.165, 1.54) is 6.07 Å². The molecule has 0 aliphatic carbocycles. The van der Waals surface area contributed by atoms with Gasteiger partial charge in [-0.15, -0.1) is 0 Å². The molecule has 2 aromatic rings. The summed E-state index contributed by atoms with van der Waals surface area (Å²) in [6.45, 7) is 4.75. The van der Waals surface area contributed by atoms with Gasteiger partial charge in [0, 0.05) is 43.6 Å². The molecule has 4 nitrogen and oxygen atoms in total. The van der Waals surface area contributed by atoms with Crippen LogP contribution >= 0.6 is 0 Å². The highest BCUT2D eigenvalue weighted by Gasteiger charge is 2.40. The number of ether oxygens (including phenoxy) is 2. The molecule has 0 N–H and O–H groups in total. The van der Waals surface area contributed by atoms with Crippen LogP contribution in [0.3, 0.4) is 0 Å². The minimum Gasteiger partial charge on any atom is -0.371 e. The lowest BCUT2D eigenvalue weighted by atomic mass is 9.98.